The van der Waals surface area contributed by atoms with Gasteiger partial charge in [0.15, 0.2) is 0 Å². The summed E-state index contributed by atoms with van der Waals surface area (Å²) in [5.74, 6) is 0. The molecule has 84 valence electrons. The van der Waals surface area contributed by atoms with Crippen molar-refractivity contribution < 1.29 is 0 Å². The van der Waals surface area contributed by atoms with Crippen molar-refractivity contribution in [3.8, 4) is 0 Å². The van der Waals surface area contributed by atoms with E-state index < -0.39 is 5.50 Å². The summed E-state index contributed by atoms with van der Waals surface area (Å²) in [6, 6.07) is 7.77. The fourth-order valence-electron chi connectivity index (χ4n) is 1.38. The van der Waals surface area contributed by atoms with Crippen LogP contribution in [0.2, 0.25) is 0 Å². The highest BCUT2D eigenvalue weighted by molar-refractivity contribution is 9.10. The predicted molar refractivity (Wildman–Crippen MR) is 73.2 cm³/mol. The number of benzene rings is 1. The van der Waals surface area contributed by atoms with Gasteiger partial charge in [-0.1, -0.05) is 15.9 Å². The standard InChI is InChI=1S/C10H11BrN4S/c11-6-1-2-8-7(5-6)9(3-4-13-8)14-15-10(12)16/h1-5,10,15-16H,12H2,(H,13,14). The highest BCUT2D eigenvalue weighted by atomic mass is 79.9. The topological polar surface area (TPSA) is 63.0 Å². The van der Waals surface area contributed by atoms with Crippen molar-refractivity contribution in [3.63, 3.8) is 0 Å². The normalized spacial score (nSPS) is 12.7. The van der Waals surface area contributed by atoms with Crippen molar-refractivity contribution in [3.05, 3.63) is 34.9 Å². The average molecular weight is 299 g/mol. The molecule has 4 N–H and O–H groups in total. The van der Waals surface area contributed by atoms with E-state index in [9.17, 15) is 0 Å². The van der Waals surface area contributed by atoms with E-state index in [2.05, 4.69) is 44.4 Å². The van der Waals surface area contributed by atoms with Crippen LogP contribution in [0.5, 0.6) is 0 Å². The van der Waals surface area contributed by atoms with Gasteiger partial charge in [-0.25, -0.2) is 5.43 Å². The summed E-state index contributed by atoms with van der Waals surface area (Å²) in [6.45, 7) is 0. The number of rotatable bonds is 3. The number of thiol groups is 1. The summed E-state index contributed by atoms with van der Waals surface area (Å²) in [5, 5.41) is 1.01. The number of anilines is 1. The monoisotopic (exact) mass is 298 g/mol. The molecule has 6 heteroatoms. The molecule has 4 nitrogen and oxygen atoms in total. The van der Waals surface area contributed by atoms with E-state index in [0.717, 1.165) is 21.1 Å². The number of fused-ring (bicyclic) bond motifs is 1. The Hall–Kier alpha value is -0.820. The van der Waals surface area contributed by atoms with Gasteiger partial charge in [-0.05, 0) is 24.3 Å². The number of hydrogen-bond donors (Lipinski definition) is 4. The Kier molecular flexibility index (Phi) is 3.65. The lowest BCUT2D eigenvalue weighted by Crippen LogP contribution is -2.36. The van der Waals surface area contributed by atoms with Crippen LogP contribution in [0.25, 0.3) is 10.9 Å². The maximum atomic E-state index is 5.48. The van der Waals surface area contributed by atoms with E-state index in [1.165, 1.54) is 0 Å². The first-order chi connectivity index (χ1) is 7.66. The zero-order valence-electron chi connectivity index (χ0n) is 8.31. The molecule has 0 bridgehead atoms. The predicted octanol–water partition coefficient (Wildman–Crippen LogP) is 2.09. The Morgan fingerprint density at radius 3 is 2.94 bits per heavy atom. The number of pyridine rings is 1. The second-order valence-electron chi connectivity index (χ2n) is 3.23. The van der Waals surface area contributed by atoms with Crippen LogP contribution in [0.15, 0.2) is 34.9 Å². The second-order valence-corrected chi connectivity index (χ2v) is 4.71. The van der Waals surface area contributed by atoms with Crippen LogP contribution in [0.1, 0.15) is 0 Å². The van der Waals surface area contributed by atoms with Crippen molar-refractivity contribution in [2.24, 2.45) is 5.73 Å². The van der Waals surface area contributed by atoms with E-state index in [4.69, 9.17) is 5.73 Å². The third-order valence-corrected chi connectivity index (χ3v) is 2.68. The molecule has 1 aromatic carbocycles. The molecule has 16 heavy (non-hydrogen) atoms. The minimum Gasteiger partial charge on any atom is -0.319 e. The van der Waals surface area contributed by atoms with E-state index in [1.54, 1.807) is 6.20 Å². The van der Waals surface area contributed by atoms with Crippen LogP contribution in [0, 0.1) is 0 Å². The highest BCUT2D eigenvalue weighted by Crippen LogP contribution is 2.24. The minimum absolute atomic E-state index is 0.421. The van der Waals surface area contributed by atoms with Gasteiger partial charge in [-0.3, -0.25) is 4.98 Å². The molecule has 0 saturated heterocycles. The number of aromatic nitrogens is 1. The fourth-order valence-corrected chi connectivity index (χ4v) is 1.80. The molecule has 0 aliphatic carbocycles. The van der Waals surface area contributed by atoms with E-state index in [0.29, 0.717) is 0 Å². The van der Waals surface area contributed by atoms with Gasteiger partial charge < -0.3 is 11.2 Å². The molecule has 0 spiro atoms. The number of hydrazine groups is 1. The van der Waals surface area contributed by atoms with Crippen molar-refractivity contribution in [2.45, 2.75) is 5.50 Å². The zero-order valence-corrected chi connectivity index (χ0v) is 10.8. The first-order valence-corrected chi connectivity index (χ1v) is 5.97. The Morgan fingerprint density at radius 1 is 1.38 bits per heavy atom. The van der Waals surface area contributed by atoms with Gasteiger partial charge in [0.05, 0.1) is 11.2 Å². The molecule has 0 saturated carbocycles. The summed E-state index contributed by atoms with van der Waals surface area (Å²) >= 11 is 7.45. The molecule has 1 aromatic heterocycles. The maximum Gasteiger partial charge on any atom is 0.117 e. The van der Waals surface area contributed by atoms with Crippen molar-refractivity contribution in [1.82, 2.24) is 10.4 Å². The van der Waals surface area contributed by atoms with Gasteiger partial charge in [-0.2, -0.15) is 0 Å². The van der Waals surface area contributed by atoms with Crippen LogP contribution in [-0.2, 0) is 0 Å². The molecule has 2 aromatic rings. The second kappa shape index (κ2) is 5.01. The molecule has 0 amide bonds. The summed E-state index contributed by atoms with van der Waals surface area (Å²) < 4.78 is 1.01. The number of hydrogen-bond acceptors (Lipinski definition) is 5. The molecule has 1 atom stereocenters. The van der Waals surface area contributed by atoms with Gasteiger partial charge in [-0.15, -0.1) is 12.6 Å². The van der Waals surface area contributed by atoms with Crippen LogP contribution >= 0.6 is 28.6 Å². The van der Waals surface area contributed by atoms with Crippen LogP contribution in [0.3, 0.4) is 0 Å². The zero-order chi connectivity index (χ0) is 11.5. The smallest absolute Gasteiger partial charge is 0.117 e. The number of nitrogens with zero attached hydrogens (tertiary/aromatic N) is 1. The Labute approximate surface area is 107 Å². The molecular formula is C10H11BrN4S. The number of nitrogens with one attached hydrogen (secondary N) is 2. The van der Waals surface area contributed by atoms with E-state index in [-0.39, 0.29) is 0 Å². The number of nitrogens with two attached hydrogens (primary N) is 1. The first-order valence-electron chi connectivity index (χ1n) is 4.66. The molecule has 1 heterocycles. The quantitative estimate of drug-likeness (QED) is 0.398. The van der Waals surface area contributed by atoms with Gasteiger partial charge in [0, 0.05) is 16.1 Å². The van der Waals surface area contributed by atoms with Gasteiger partial charge in [0.1, 0.15) is 5.50 Å². The van der Waals surface area contributed by atoms with Gasteiger partial charge >= 0.3 is 0 Å². The average Bonchev–Trinajstić information content (AvgIpc) is 2.26. The highest BCUT2D eigenvalue weighted by Gasteiger charge is 2.02. The third kappa shape index (κ3) is 2.65. The molecule has 1 unspecified atom stereocenters. The van der Waals surface area contributed by atoms with Crippen molar-refractivity contribution in [2.75, 3.05) is 5.43 Å². The largest absolute Gasteiger partial charge is 0.319 e. The van der Waals surface area contributed by atoms with Gasteiger partial charge in [0.25, 0.3) is 0 Å². The summed E-state index contributed by atoms with van der Waals surface area (Å²) in [7, 11) is 0. The van der Waals surface area contributed by atoms with Crippen LogP contribution in [0.4, 0.5) is 5.69 Å². The van der Waals surface area contributed by atoms with Crippen molar-refractivity contribution >= 4 is 45.1 Å². The lowest BCUT2D eigenvalue weighted by molar-refractivity contribution is 0.768. The third-order valence-electron chi connectivity index (χ3n) is 2.06. The van der Waals surface area contributed by atoms with Crippen LogP contribution in [-0.4, -0.2) is 10.5 Å². The summed E-state index contributed by atoms with van der Waals surface area (Å²) in [6.07, 6.45) is 1.74. The fraction of sp³-hybridized carbons (Fsp3) is 0.100. The van der Waals surface area contributed by atoms with Crippen molar-refractivity contribution in [1.29, 1.82) is 0 Å². The lowest BCUT2D eigenvalue weighted by Gasteiger charge is -2.12. The Bertz CT molecular complexity index is 503. The summed E-state index contributed by atoms with van der Waals surface area (Å²) in [4.78, 5) is 4.27. The molecule has 0 aliphatic heterocycles. The maximum absolute atomic E-state index is 5.48. The van der Waals surface area contributed by atoms with E-state index in [1.807, 2.05) is 24.3 Å². The molecule has 0 aliphatic rings. The minimum atomic E-state index is -0.421. The number of halogens is 1. The molecule has 0 fully saturated rings. The first kappa shape index (κ1) is 11.7. The van der Waals surface area contributed by atoms with Crippen LogP contribution < -0.4 is 16.6 Å². The molecular weight excluding hydrogens is 288 g/mol. The molecule has 0 radical (unpaired) electrons. The lowest BCUT2D eigenvalue weighted by atomic mass is 10.2. The van der Waals surface area contributed by atoms with E-state index >= 15 is 0 Å². The Morgan fingerprint density at radius 2 is 2.19 bits per heavy atom. The summed E-state index contributed by atoms with van der Waals surface area (Å²) in [5.41, 5.74) is 12.7. The molecule has 2 rings (SSSR count). The van der Waals surface area contributed by atoms with Gasteiger partial charge in [0.2, 0.25) is 0 Å². The Balaban J connectivity index is 2.40. The SMILES string of the molecule is NC(S)NNc1ccnc2ccc(Br)cc12.